The van der Waals surface area contributed by atoms with Crippen molar-refractivity contribution in [3.05, 3.63) is 63.6 Å². The van der Waals surface area contributed by atoms with Gasteiger partial charge in [-0.15, -0.1) is 0 Å². The molecule has 2 N–H and O–H groups in total. The van der Waals surface area contributed by atoms with Gasteiger partial charge in [-0.25, -0.2) is 17.2 Å². The molecule has 1 aliphatic rings. The molecule has 4 nitrogen and oxygen atoms in total. The summed E-state index contributed by atoms with van der Waals surface area (Å²) in [6, 6.07) is 8.26. The Hall–Kier alpha value is -1.35. The lowest BCUT2D eigenvalue weighted by molar-refractivity contribution is 0.149. The highest BCUT2D eigenvalue weighted by molar-refractivity contribution is 9.10. The van der Waals surface area contributed by atoms with E-state index in [1.807, 2.05) is 0 Å². The van der Waals surface area contributed by atoms with E-state index in [1.54, 1.807) is 25.1 Å². The lowest BCUT2D eigenvalue weighted by Gasteiger charge is -2.28. The summed E-state index contributed by atoms with van der Waals surface area (Å²) in [7, 11) is -3.29. The Kier molecular flexibility index (Phi) is 6.54. The zero-order valence-corrected chi connectivity index (χ0v) is 17.7. The minimum atomic E-state index is -3.29. The predicted molar refractivity (Wildman–Crippen MR) is 107 cm³/mol. The molecule has 0 radical (unpaired) electrons. The third-order valence-corrected chi connectivity index (χ3v) is 7.35. The third kappa shape index (κ3) is 4.97. The average Bonchev–Trinajstić information content (AvgIpc) is 2.60. The maximum absolute atomic E-state index is 13.4. The fraction of sp³-hybridized carbons (Fsp3) is 0.400. The van der Waals surface area contributed by atoms with E-state index in [9.17, 15) is 22.3 Å². The van der Waals surface area contributed by atoms with E-state index in [0.29, 0.717) is 28.9 Å². The molecular formula is C20H22BrF2NO3S. The highest BCUT2D eigenvalue weighted by Crippen LogP contribution is 2.34. The van der Waals surface area contributed by atoms with Crippen molar-refractivity contribution >= 4 is 25.8 Å². The zero-order valence-electron chi connectivity index (χ0n) is 15.3. The lowest BCUT2D eigenvalue weighted by atomic mass is 9.94. The van der Waals surface area contributed by atoms with E-state index in [0.717, 1.165) is 10.5 Å². The lowest BCUT2D eigenvalue weighted by Crippen LogP contribution is -2.35. The number of aliphatic hydroxyl groups excluding tert-OH is 1. The molecule has 1 aliphatic heterocycles. The summed E-state index contributed by atoms with van der Waals surface area (Å²) < 4.78 is 52.1. The van der Waals surface area contributed by atoms with E-state index < -0.39 is 27.6 Å². The number of halogens is 3. The van der Waals surface area contributed by atoms with Crippen LogP contribution in [0, 0.1) is 11.6 Å². The summed E-state index contributed by atoms with van der Waals surface area (Å²) in [6.45, 7) is 2.05. The third-order valence-electron chi connectivity index (χ3n) is 5.04. The largest absolute Gasteiger partial charge is 0.392 e. The highest BCUT2D eigenvalue weighted by Gasteiger charge is 2.30. The van der Waals surface area contributed by atoms with E-state index in [1.165, 1.54) is 12.1 Å². The molecule has 3 atom stereocenters. The Balaban J connectivity index is 1.65. The first-order chi connectivity index (χ1) is 13.2. The molecule has 0 saturated carbocycles. The van der Waals surface area contributed by atoms with Crippen LogP contribution in [0.4, 0.5) is 8.78 Å². The van der Waals surface area contributed by atoms with Crippen molar-refractivity contribution in [3.63, 3.8) is 0 Å². The average molecular weight is 474 g/mol. The minimum Gasteiger partial charge on any atom is -0.392 e. The van der Waals surface area contributed by atoms with Crippen LogP contribution < -0.4 is 5.32 Å². The molecule has 152 valence electrons. The molecule has 0 spiro atoms. The van der Waals surface area contributed by atoms with Gasteiger partial charge in [-0.3, -0.25) is 0 Å². The molecule has 0 saturated heterocycles. The molecular weight excluding hydrogens is 452 g/mol. The van der Waals surface area contributed by atoms with Crippen LogP contribution in [0.2, 0.25) is 0 Å². The standard InChI is InChI=1S/C20H22BrF2NO3S/c1-12(13-7-15(22)10-16(23)8-13)6-17(25)11-24-19-4-5-28(26,27)20-3-2-14(21)9-18(19)20/h2-3,7-10,12,17,19,24-25H,4-6,11H2,1H3. The van der Waals surface area contributed by atoms with Crippen LogP contribution >= 0.6 is 15.9 Å². The normalized spacial score (nSPS) is 20.4. The second-order valence-corrected chi connectivity index (χ2v) is 10.2. The number of sulfone groups is 1. The van der Waals surface area contributed by atoms with Gasteiger partial charge in [-0.1, -0.05) is 22.9 Å². The molecule has 2 aromatic rings. The van der Waals surface area contributed by atoms with Crippen LogP contribution in [0.5, 0.6) is 0 Å². The van der Waals surface area contributed by atoms with Crippen molar-refractivity contribution in [1.82, 2.24) is 5.32 Å². The van der Waals surface area contributed by atoms with Gasteiger partial charge in [0, 0.05) is 23.1 Å². The van der Waals surface area contributed by atoms with Crippen LogP contribution in [0.25, 0.3) is 0 Å². The number of benzene rings is 2. The van der Waals surface area contributed by atoms with Gasteiger partial charge in [0.25, 0.3) is 0 Å². The van der Waals surface area contributed by atoms with Gasteiger partial charge >= 0.3 is 0 Å². The van der Waals surface area contributed by atoms with Crippen molar-refractivity contribution in [2.45, 2.75) is 42.7 Å². The first kappa shape index (κ1) is 21.4. The summed E-state index contributed by atoms with van der Waals surface area (Å²) >= 11 is 3.37. The first-order valence-corrected chi connectivity index (χ1v) is 11.5. The van der Waals surface area contributed by atoms with Crippen LogP contribution in [-0.4, -0.2) is 31.9 Å². The quantitative estimate of drug-likeness (QED) is 0.662. The van der Waals surface area contributed by atoms with E-state index in [-0.39, 0.29) is 24.3 Å². The van der Waals surface area contributed by atoms with Crippen molar-refractivity contribution in [1.29, 1.82) is 0 Å². The monoisotopic (exact) mass is 473 g/mol. The summed E-state index contributed by atoms with van der Waals surface area (Å²) in [5, 5.41) is 13.6. The molecule has 0 amide bonds. The molecule has 28 heavy (non-hydrogen) atoms. The molecule has 8 heteroatoms. The predicted octanol–water partition coefficient (Wildman–Crippen LogP) is 4.09. The second-order valence-electron chi connectivity index (χ2n) is 7.24. The van der Waals surface area contributed by atoms with Gasteiger partial charge in [0.15, 0.2) is 9.84 Å². The van der Waals surface area contributed by atoms with Crippen LogP contribution in [0.1, 0.15) is 42.9 Å². The molecule has 2 aromatic carbocycles. The van der Waals surface area contributed by atoms with Crippen LogP contribution in [-0.2, 0) is 9.84 Å². The highest BCUT2D eigenvalue weighted by atomic mass is 79.9. The van der Waals surface area contributed by atoms with Gasteiger partial charge in [-0.2, -0.15) is 0 Å². The number of rotatable bonds is 6. The maximum Gasteiger partial charge on any atom is 0.178 e. The van der Waals surface area contributed by atoms with E-state index in [2.05, 4.69) is 21.2 Å². The van der Waals surface area contributed by atoms with Gasteiger partial charge in [0.05, 0.1) is 16.8 Å². The number of fused-ring (bicyclic) bond motifs is 1. The van der Waals surface area contributed by atoms with Gasteiger partial charge < -0.3 is 10.4 Å². The second kappa shape index (κ2) is 8.57. The fourth-order valence-corrected chi connectivity index (χ4v) is 5.57. The molecule has 0 aromatic heterocycles. The Morgan fingerprint density at radius 1 is 1.21 bits per heavy atom. The van der Waals surface area contributed by atoms with Crippen molar-refractivity contribution < 1.29 is 22.3 Å². The molecule has 0 aliphatic carbocycles. The molecule has 1 heterocycles. The SMILES string of the molecule is CC(CC(O)CNC1CCS(=O)(=O)c2ccc(Br)cc21)c1cc(F)cc(F)c1. The number of hydrogen-bond acceptors (Lipinski definition) is 4. The maximum atomic E-state index is 13.4. The van der Waals surface area contributed by atoms with Gasteiger partial charge in [0.1, 0.15) is 11.6 Å². The molecule has 0 bridgehead atoms. The summed E-state index contributed by atoms with van der Waals surface area (Å²) in [4.78, 5) is 0.317. The minimum absolute atomic E-state index is 0.0500. The fourth-order valence-electron chi connectivity index (χ4n) is 3.59. The number of nitrogens with one attached hydrogen (secondary N) is 1. The zero-order chi connectivity index (χ0) is 20.5. The number of aliphatic hydroxyl groups is 1. The van der Waals surface area contributed by atoms with Gasteiger partial charge in [0.2, 0.25) is 0 Å². The van der Waals surface area contributed by atoms with Crippen LogP contribution in [0.3, 0.4) is 0 Å². The van der Waals surface area contributed by atoms with Crippen LogP contribution in [0.15, 0.2) is 45.8 Å². The van der Waals surface area contributed by atoms with E-state index in [4.69, 9.17) is 0 Å². The smallest absolute Gasteiger partial charge is 0.178 e. The van der Waals surface area contributed by atoms with Gasteiger partial charge in [-0.05, 0) is 60.2 Å². The summed E-state index contributed by atoms with van der Waals surface area (Å²) in [6.07, 6.45) is 0.00515. The topological polar surface area (TPSA) is 66.4 Å². The molecule has 3 unspecified atom stereocenters. The molecule has 3 rings (SSSR count). The van der Waals surface area contributed by atoms with Crippen molar-refractivity contribution in [3.8, 4) is 0 Å². The van der Waals surface area contributed by atoms with Crippen molar-refractivity contribution in [2.75, 3.05) is 12.3 Å². The summed E-state index contributed by atoms with van der Waals surface area (Å²) in [5.74, 6) is -1.45. The Morgan fingerprint density at radius 3 is 2.57 bits per heavy atom. The molecule has 0 fully saturated rings. The number of hydrogen-bond donors (Lipinski definition) is 2. The Morgan fingerprint density at radius 2 is 1.89 bits per heavy atom. The first-order valence-electron chi connectivity index (χ1n) is 9.05. The van der Waals surface area contributed by atoms with E-state index >= 15 is 0 Å². The Bertz CT molecular complexity index is 948. The Labute approximate surface area is 172 Å². The van der Waals surface area contributed by atoms with Crippen molar-refractivity contribution in [2.24, 2.45) is 0 Å². The summed E-state index contributed by atoms with van der Waals surface area (Å²) in [5.41, 5.74) is 1.18.